The number of nitrogens with zero attached hydrogens (tertiary/aromatic N) is 5. The molecule has 0 unspecified atom stereocenters. The zero-order valence-electron chi connectivity index (χ0n) is 17.2. The van der Waals surface area contributed by atoms with Gasteiger partial charge in [0.2, 0.25) is 5.91 Å². The van der Waals surface area contributed by atoms with Gasteiger partial charge in [0.15, 0.2) is 11.0 Å². The van der Waals surface area contributed by atoms with E-state index in [4.69, 9.17) is 0 Å². The smallest absolute Gasteiger partial charge is 0.233 e. The summed E-state index contributed by atoms with van der Waals surface area (Å²) in [4.78, 5) is 16.9. The number of halogens is 1. The second kappa shape index (κ2) is 9.78. The van der Waals surface area contributed by atoms with Crippen molar-refractivity contribution in [1.29, 1.82) is 0 Å². The summed E-state index contributed by atoms with van der Waals surface area (Å²) >= 11 is 1.32. The second-order valence-electron chi connectivity index (χ2n) is 7.18. The van der Waals surface area contributed by atoms with Crippen molar-refractivity contribution in [1.82, 2.24) is 19.7 Å². The Hall–Kier alpha value is -3.13. The van der Waals surface area contributed by atoms with Crippen LogP contribution in [-0.4, -0.2) is 57.5 Å². The molecule has 0 spiro atoms. The van der Waals surface area contributed by atoms with E-state index in [0.29, 0.717) is 36.2 Å². The number of hydrogen-bond donors (Lipinski definition) is 0. The predicted octanol–water partition coefficient (Wildman–Crippen LogP) is 3.71. The number of para-hydroxylation sites is 1. The van der Waals surface area contributed by atoms with Crippen LogP contribution < -0.4 is 4.90 Å². The van der Waals surface area contributed by atoms with Crippen LogP contribution in [0.5, 0.6) is 0 Å². The predicted molar refractivity (Wildman–Crippen MR) is 122 cm³/mol. The molecule has 2 heterocycles. The van der Waals surface area contributed by atoms with E-state index >= 15 is 0 Å². The zero-order chi connectivity index (χ0) is 21.6. The molecule has 1 saturated heterocycles. The van der Waals surface area contributed by atoms with Crippen molar-refractivity contribution in [3.63, 3.8) is 0 Å². The molecule has 0 radical (unpaired) electrons. The fourth-order valence-electron chi connectivity index (χ4n) is 3.60. The third-order valence-corrected chi connectivity index (χ3v) is 6.17. The maximum absolute atomic E-state index is 14.2. The van der Waals surface area contributed by atoms with Crippen molar-refractivity contribution in [2.24, 2.45) is 0 Å². The third-order valence-electron chi connectivity index (χ3n) is 5.22. The molecule has 8 heteroatoms. The molecule has 0 N–H and O–H groups in total. The number of carbonyl (C=O) groups is 1. The van der Waals surface area contributed by atoms with Crippen molar-refractivity contribution >= 4 is 23.4 Å². The quantitative estimate of drug-likeness (QED) is 0.417. The first-order valence-corrected chi connectivity index (χ1v) is 11.2. The Bertz CT molecular complexity index is 1050. The van der Waals surface area contributed by atoms with Crippen LogP contribution in [0.4, 0.5) is 10.1 Å². The molecule has 3 aromatic rings. The minimum Gasteiger partial charge on any atom is -0.368 e. The van der Waals surface area contributed by atoms with E-state index < -0.39 is 0 Å². The lowest BCUT2D eigenvalue weighted by atomic mass is 10.2. The molecule has 1 aromatic heterocycles. The van der Waals surface area contributed by atoms with Gasteiger partial charge < -0.3 is 9.80 Å². The normalized spacial score (nSPS) is 14.0. The van der Waals surface area contributed by atoms with Crippen LogP contribution >= 0.6 is 11.8 Å². The number of anilines is 1. The molecule has 0 aliphatic carbocycles. The molecular formula is C23H24FN5OS. The number of benzene rings is 2. The van der Waals surface area contributed by atoms with E-state index in [2.05, 4.69) is 33.8 Å². The topological polar surface area (TPSA) is 54.3 Å². The Kier molecular flexibility index (Phi) is 6.66. The Morgan fingerprint density at radius 1 is 1.03 bits per heavy atom. The monoisotopic (exact) mass is 437 g/mol. The Labute approximate surface area is 185 Å². The van der Waals surface area contributed by atoms with Gasteiger partial charge in [-0.1, -0.05) is 48.2 Å². The lowest BCUT2D eigenvalue weighted by molar-refractivity contribution is -0.128. The first kappa shape index (κ1) is 21.1. The van der Waals surface area contributed by atoms with Crippen molar-refractivity contribution in [3.05, 3.63) is 73.1 Å². The molecule has 1 aliphatic heterocycles. The number of piperazine rings is 1. The summed E-state index contributed by atoms with van der Waals surface area (Å²) in [5.41, 5.74) is 1.56. The SMILES string of the molecule is C=CCn1c(SCC(=O)N2CCN(c3ccccc3)CC2)nnc1-c1ccccc1F. The van der Waals surface area contributed by atoms with E-state index in [0.717, 1.165) is 13.1 Å². The molecule has 1 fully saturated rings. The number of carbonyl (C=O) groups excluding carboxylic acids is 1. The van der Waals surface area contributed by atoms with Gasteiger partial charge in [0.05, 0.1) is 11.3 Å². The van der Waals surface area contributed by atoms with Gasteiger partial charge in [-0.2, -0.15) is 0 Å². The minimum absolute atomic E-state index is 0.0679. The molecular weight excluding hydrogens is 413 g/mol. The molecule has 0 saturated carbocycles. The number of hydrogen-bond acceptors (Lipinski definition) is 5. The second-order valence-corrected chi connectivity index (χ2v) is 8.12. The standard InChI is InChI=1S/C23H24FN5OS/c1-2-12-29-22(19-10-6-7-11-20(19)24)25-26-23(29)31-17-21(30)28-15-13-27(14-16-28)18-8-4-3-5-9-18/h2-11H,1,12-17H2. The number of aromatic nitrogens is 3. The van der Waals surface area contributed by atoms with Gasteiger partial charge in [-0.15, -0.1) is 16.8 Å². The Balaban J connectivity index is 1.39. The van der Waals surface area contributed by atoms with Gasteiger partial charge in [0.1, 0.15) is 5.82 Å². The number of rotatable bonds is 7. The minimum atomic E-state index is -0.357. The summed E-state index contributed by atoms with van der Waals surface area (Å²) < 4.78 is 16.0. The number of thioether (sulfide) groups is 1. The van der Waals surface area contributed by atoms with Crippen LogP contribution in [0.2, 0.25) is 0 Å². The van der Waals surface area contributed by atoms with Crippen LogP contribution in [0.3, 0.4) is 0 Å². The molecule has 4 rings (SSSR count). The van der Waals surface area contributed by atoms with Crippen LogP contribution in [0.1, 0.15) is 0 Å². The molecule has 2 aromatic carbocycles. The van der Waals surface area contributed by atoms with Crippen molar-refractivity contribution in [3.8, 4) is 11.4 Å². The Morgan fingerprint density at radius 3 is 2.45 bits per heavy atom. The highest BCUT2D eigenvalue weighted by Gasteiger charge is 2.23. The fraction of sp³-hybridized carbons (Fsp3) is 0.261. The lowest BCUT2D eigenvalue weighted by Gasteiger charge is -2.36. The van der Waals surface area contributed by atoms with Gasteiger partial charge in [0.25, 0.3) is 0 Å². The summed E-state index contributed by atoms with van der Waals surface area (Å²) in [5.74, 6) is 0.407. The highest BCUT2D eigenvalue weighted by atomic mass is 32.2. The third kappa shape index (κ3) is 4.80. The van der Waals surface area contributed by atoms with Gasteiger partial charge >= 0.3 is 0 Å². The first-order valence-electron chi connectivity index (χ1n) is 10.2. The highest BCUT2D eigenvalue weighted by Crippen LogP contribution is 2.26. The maximum atomic E-state index is 14.2. The molecule has 6 nitrogen and oxygen atoms in total. The van der Waals surface area contributed by atoms with E-state index in [9.17, 15) is 9.18 Å². The zero-order valence-corrected chi connectivity index (χ0v) is 18.0. The van der Waals surface area contributed by atoms with Crippen LogP contribution in [-0.2, 0) is 11.3 Å². The van der Waals surface area contributed by atoms with E-state index in [1.807, 2.05) is 23.1 Å². The van der Waals surface area contributed by atoms with E-state index in [1.165, 1.54) is 23.5 Å². The van der Waals surface area contributed by atoms with Crippen LogP contribution in [0.15, 0.2) is 72.4 Å². The average molecular weight is 438 g/mol. The number of allylic oxidation sites excluding steroid dienone is 1. The van der Waals surface area contributed by atoms with Gasteiger partial charge in [-0.25, -0.2) is 4.39 Å². The Morgan fingerprint density at radius 2 is 1.74 bits per heavy atom. The van der Waals surface area contributed by atoms with E-state index in [1.54, 1.807) is 28.8 Å². The molecule has 31 heavy (non-hydrogen) atoms. The molecule has 160 valence electrons. The first-order chi connectivity index (χ1) is 15.2. The van der Waals surface area contributed by atoms with Crippen LogP contribution in [0, 0.1) is 5.82 Å². The summed E-state index contributed by atoms with van der Waals surface area (Å²) in [6.45, 7) is 7.21. The van der Waals surface area contributed by atoms with Gasteiger partial charge in [0, 0.05) is 38.4 Å². The van der Waals surface area contributed by atoms with Gasteiger partial charge in [-0.3, -0.25) is 9.36 Å². The largest absolute Gasteiger partial charge is 0.368 e. The summed E-state index contributed by atoms with van der Waals surface area (Å²) in [7, 11) is 0. The van der Waals surface area contributed by atoms with Crippen molar-refractivity contribution < 1.29 is 9.18 Å². The summed E-state index contributed by atoms with van der Waals surface area (Å²) in [5, 5.41) is 8.95. The highest BCUT2D eigenvalue weighted by molar-refractivity contribution is 7.99. The van der Waals surface area contributed by atoms with Gasteiger partial charge in [-0.05, 0) is 24.3 Å². The average Bonchev–Trinajstić information content (AvgIpc) is 3.21. The summed E-state index contributed by atoms with van der Waals surface area (Å²) in [6.07, 6.45) is 1.71. The maximum Gasteiger partial charge on any atom is 0.233 e. The number of amides is 1. The molecule has 0 bridgehead atoms. The van der Waals surface area contributed by atoms with Crippen LogP contribution in [0.25, 0.3) is 11.4 Å². The fourth-order valence-corrected chi connectivity index (χ4v) is 4.45. The van der Waals surface area contributed by atoms with Crippen molar-refractivity contribution in [2.45, 2.75) is 11.7 Å². The summed E-state index contributed by atoms with van der Waals surface area (Å²) in [6, 6.07) is 16.7. The molecule has 0 atom stereocenters. The molecule has 1 aliphatic rings. The molecule has 1 amide bonds. The van der Waals surface area contributed by atoms with Crippen molar-refractivity contribution in [2.75, 3.05) is 36.8 Å². The van der Waals surface area contributed by atoms with E-state index in [-0.39, 0.29) is 17.5 Å². The lowest BCUT2D eigenvalue weighted by Crippen LogP contribution is -2.49.